The third-order valence-corrected chi connectivity index (χ3v) is 4.76. The first-order valence-corrected chi connectivity index (χ1v) is 10.0. The number of halogens is 1. The van der Waals surface area contributed by atoms with Gasteiger partial charge in [0.2, 0.25) is 10.0 Å². The highest BCUT2D eigenvalue weighted by atomic mass is 32.2. The lowest BCUT2D eigenvalue weighted by Gasteiger charge is -2.09. The van der Waals surface area contributed by atoms with Crippen LogP contribution in [0.15, 0.2) is 66.2 Å². The number of imidazole rings is 1. The highest BCUT2D eigenvalue weighted by Gasteiger charge is 2.25. The number of benzene rings is 1. The van der Waals surface area contributed by atoms with Crippen molar-refractivity contribution in [1.82, 2.24) is 9.55 Å². The van der Waals surface area contributed by atoms with Gasteiger partial charge in [-0.15, -0.1) is 0 Å². The number of rotatable bonds is 7. The predicted octanol–water partition coefficient (Wildman–Crippen LogP) is 4.26. The molecule has 5 nitrogen and oxygen atoms in total. The van der Waals surface area contributed by atoms with Gasteiger partial charge in [0.25, 0.3) is 0 Å². The fourth-order valence-corrected chi connectivity index (χ4v) is 2.86. The SMILES string of the molecule is C=C(/C=C\C=C/CC)c1nc(C(C)(C)F)cn1-c1ccc(S(N)(=O)=O)cc1. The van der Waals surface area contributed by atoms with E-state index < -0.39 is 15.7 Å². The second-order valence-corrected chi connectivity index (χ2v) is 8.11. The van der Waals surface area contributed by atoms with Gasteiger partial charge in [0.15, 0.2) is 0 Å². The van der Waals surface area contributed by atoms with Crippen molar-refractivity contribution in [2.75, 3.05) is 0 Å². The Morgan fingerprint density at radius 3 is 2.44 bits per heavy atom. The Kier molecular flexibility index (Phi) is 6.18. The Hall–Kier alpha value is -2.51. The normalized spacial score (nSPS) is 12.9. The van der Waals surface area contributed by atoms with Gasteiger partial charge < -0.3 is 0 Å². The fourth-order valence-electron chi connectivity index (χ4n) is 2.35. The van der Waals surface area contributed by atoms with Crippen molar-refractivity contribution in [3.05, 3.63) is 72.9 Å². The van der Waals surface area contributed by atoms with Gasteiger partial charge in [-0.25, -0.2) is 22.9 Å². The van der Waals surface area contributed by atoms with Crippen LogP contribution in [0.1, 0.15) is 38.7 Å². The third kappa shape index (κ3) is 5.24. The number of nitrogens with two attached hydrogens (primary N) is 1. The summed E-state index contributed by atoms with van der Waals surface area (Å²) in [5.74, 6) is 0.472. The van der Waals surface area contributed by atoms with Gasteiger partial charge in [0.1, 0.15) is 11.5 Å². The smallest absolute Gasteiger partial charge is 0.238 e. The number of hydrogen-bond acceptors (Lipinski definition) is 3. The molecule has 2 N–H and O–H groups in total. The molecule has 0 saturated carbocycles. The molecule has 0 aliphatic carbocycles. The summed E-state index contributed by atoms with van der Waals surface area (Å²) in [6.07, 6.45) is 10.0. The van der Waals surface area contributed by atoms with E-state index in [1.165, 1.54) is 26.0 Å². The number of alkyl halides is 1. The maximum atomic E-state index is 14.4. The van der Waals surface area contributed by atoms with Crippen molar-refractivity contribution in [1.29, 1.82) is 0 Å². The molecule has 0 aliphatic heterocycles. The predicted molar refractivity (Wildman–Crippen MR) is 107 cm³/mol. The van der Waals surface area contributed by atoms with E-state index in [2.05, 4.69) is 11.6 Å². The zero-order chi connectivity index (χ0) is 20.2. The largest absolute Gasteiger partial charge is 0.299 e. The van der Waals surface area contributed by atoms with Crippen molar-refractivity contribution in [3.8, 4) is 5.69 Å². The zero-order valence-electron chi connectivity index (χ0n) is 15.7. The van der Waals surface area contributed by atoms with Crippen LogP contribution in [0.2, 0.25) is 0 Å². The summed E-state index contributed by atoms with van der Waals surface area (Å²) in [7, 11) is -3.78. The first-order valence-electron chi connectivity index (χ1n) is 8.48. The standard InChI is InChI=1S/C20H24FN3O2S/c1-5-6-7-8-9-15(2)19-23-18(20(3,4)21)14-24(19)16-10-12-17(13-11-16)27(22,25)26/h6-14H,2,5H2,1,3-4H3,(H2,22,25,26)/b7-6-,9-8-. The summed E-state index contributed by atoms with van der Waals surface area (Å²) in [5.41, 5.74) is -0.153. The molecular weight excluding hydrogens is 365 g/mol. The fraction of sp³-hybridized carbons (Fsp3) is 0.250. The van der Waals surface area contributed by atoms with E-state index in [1.807, 2.05) is 25.2 Å². The molecule has 1 heterocycles. The van der Waals surface area contributed by atoms with Gasteiger partial charge >= 0.3 is 0 Å². The van der Waals surface area contributed by atoms with E-state index in [0.29, 0.717) is 17.1 Å². The molecule has 0 spiro atoms. The van der Waals surface area contributed by atoms with Crippen LogP contribution in [0.5, 0.6) is 0 Å². The molecular formula is C20H24FN3O2S. The average molecular weight is 389 g/mol. The quantitative estimate of drug-likeness (QED) is 0.719. The van der Waals surface area contributed by atoms with Crippen molar-refractivity contribution >= 4 is 15.6 Å². The Balaban J connectivity index is 2.51. The molecule has 0 atom stereocenters. The van der Waals surface area contributed by atoms with Crippen LogP contribution in [-0.4, -0.2) is 18.0 Å². The Morgan fingerprint density at radius 2 is 1.93 bits per heavy atom. The summed E-state index contributed by atoms with van der Waals surface area (Å²) in [4.78, 5) is 4.40. The summed E-state index contributed by atoms with van der Waals surface area (Å²) < 4.78 is 39.0. The third-order valence-electron chi connectivity index (χ3n) is 3.83. The molecule has 0 fully saturated rings. The Morgan fingerprint density at radius 1 is 1.30 bits per heavy atom. The molecule has 0 aliphatic rings. The lowest BCUT2D eigenvalue weighted by Crippen LogP contribution is -2.12. The molecule has 0 saturated heterocycles. The van der Waals surface area contributed by atoms with Gasteiger partial charge in [0.05, 0.1) is 10.6 Å². The van der Waals surface area contributed by atoms with Crippen LogP contribution in [-0.2, 0) is 15.7 Å². The van der Waals surface area contributed by atoms with Gasteiger partial charge in [-0.3, -0.25) is 4.57 Å². The molecule has 144 valence electrons. The van der Waals surface area contributed by atoms with Crippen molar-refractivity contribution in [2.45, 2.75) is 37.8 Å². The van der Waals surface area contributed by atoms with E-state index in [1.54, 1.807) is 29.0 Å². The molecule has 0 radical (unpaired) electrons. The summed E-state index contributed by atoms with van der Waals surface area (Å²) in [5, 5.41) is 5.14. The number of primary sulfonamides is 1. The minimum Gasteiger partial charge on any atom is -0.299 e. The average Bonchev–Trinajstić information content (AvgIpc) is 3.03. The van der Waals surface area contributed by atoms with E-state index in [-0.39, 0.29) is 10.6 Å². The van der Waals surface area contributed by atoms with Crippen molar-refractivity contribution in [3.63, 3.8) is 0 Å². The first-order chi connectivity index (χ1) is 12.5. The lowest BCUT2D eigenvalue weighted by molar-refractivity contribution is 0.215. The van der Waals surface area contributed by atoms with Crippen molar-refractivity contribution < 1.29 is 12.8 Å². The molecule has 1 aromatic carbocycles. The number of nitrogens with zero attached hydrogens (tertiary/aromatic N) is 2. The van der Waals surface area contributed by atoms with Gasteiger partial charge in [-0.2, -0.15) is 0 Å². The van der Waals surface area contributed by atoms with Crippen LogP contribution >= 0.6 is 0 Å². The maximum absolute atomic E-state index is 14.4. The van der Waals surface area contributed by atoms with E-state index in [0.717, 1.165) is 6.42 Å². The summed E-state index contributed by atoms with van der Waals surface area (Å²) in [6.45, 7) is 8.91. The summed E-state index contributed by atoms with van der Waals surface area (Å²) >= 11 is 0. The number of allylic oxidation sites excluding steroid dienone is 5. The Labute approximate surface area is 159 Å². The molecule has 0 unspecified atom stereocenters. The van der Waals surface area contributed by atoms with Crippen LogP contribution < -0.4 is 5.14 Å². The summed E-state index contributed by atoms with van der Waals surface area (Å²) in [6, 6.07) is 5.98. The second kappa shape index (κ2) is 8.02. The molecule has 7 heteroatoms. The van der Waals surface area contributed by atoms with Crippen LogP contribution in [0.25, 0.3) is 11.3 Å². The molecule has 0 amide bonds. The molecule has 1 aromatic heterocycles. The monoisotopic (exact) mass is 389 g/mol. The molecule has 27 heavy (non-hydrogen) atoms. The minimum atomic E-state index is -3.78. The minimum absolute atomic E-state index is 0.00221. The molecule has 2 aromatic rings. The first kappa shape index (κ1) is 20.8. The van der Waals surface area contributed by atoms with Gasteiger partial charge in [-0.05, 0) is 44.5 Å². The van der Waals surface area contributed by atoms with Gasteiger partial charge in [0, 0.05) is 17.5 Å². The van der Waals surface area contributed by atoms with Crippen LogP contribution in [0.3, 0.4) is 0 Å². The van der Waals surface area contributed by atoms with Crippen LogP contribution in [0, 0.1) is 0 Å². The van der Waals surface area contributed by atoms with E-state index >= 15 is 0 Å². The Bertz CT molecular complexity index is 979. The van der Waals surface area contributed by atoms with E-state index in [9.17, 15) is 12.8 Å². The number of hydrogen-bond donors (Lipinski definition) is 1. The molecule has 0 bridgehead atoms. The number of sulfonamides is 1. The van der Waals surface area contributed by atoms with E-state index in [4.69, 9.17) is 5.14 Å². The van der Waals surface area contributed by atoms with Crippen molar-refractivity contribution in [2.24, 2.45) is 5.14 Å². The second-order valence-electron chi connectivity index (χ2n) is 6.55. The topological polar surface area (TPSA) is 78.0 Å². The highest BCUT2D eigenvalue weighted by Crippen LogP contribution is 2.28. The highest BCUT2D eigenvalue weighted by molar-refractivity contribution is 7.89. The number of aromatic nitrogens is 2. The van der Waals surface area contributed by atoms with Gasteiger partial charge in [-0.1, -0.05) is 37.8 Å². The molecule has 2 rings (SSSR count). The zero-order valence-corrected chi connectivity index (χ0v) is 16.5. The maximum Gasteiger partial charge on any atom is 0.238 e. The van der Waals surface area contributed by atoms with Crippen LogP contribution in [0.4, 0.5) is 4.39 Å². The lowest BCUT2D eigenvalue weighted by atomic mass is 10.1.